The van der Waals surface area contributed by atoms with Crippen LogP contribution in [0.1, 0.15) is 43.7 Å². The number of rotatable bonds is 2. The SMILES string of the molecule is Cc1ccc(CC2CCC(C)CC2)c(F)c1Cl. The maximum absolute atomic E-state index is 14.0. The van der Waals surface area contributed by atoms with Crippen LogP contribution in [0.5, 0.6) is 0 Å². The number of halogens is 2. The molecule has 0 spiro atoms. The van der Waals surface area contributed by atoms with Crippen LogP contribution in [-0.4, -0.2) is 0 Å². The lowest BCUT2D eigenvalue weighted by atomic mass is 9.80. The molecule has 1 saturated carbocycles. The molecule has 2 heteroatoms. The minimum Gasteiger partial charge on any atom is -0.205 e. The standard InChI is InChI=1S/C15H20ClF/c1-10-3-6-12(7-4-10)9-13-8-5-11(2)14(16)15(13)17/h5,8,10,12H,3-4,6-7,9H2,1-2H3. The average molecular weight is 255 g/mol. The fourth-order valence-electron chi connectivity index (χ4n) is 2.69. The molecule has 0 saturated heterocycles. The Balaban J connectivity index is 2.06. The van der Waals surface area contributed by atoms with Gasteiger partial charge >= 0.3 is 0 Å². The van der Waals surface area contributed by atoms with E-state index in [0.717, 1.165) is 23.5 Å². The molecule has 1 aromatic rings. The van der Waals surface area contributed by atoms with Crippen LogP contribution in [0, 0.1) is 24.6 Å². The highest BCUT2D eigenvalue weighted by Gasteiger charge is 2.20. The van der Waals surface area contributed by atoms with Crippen molar-refractivity contribution in [2.75, 3.05) is 0 Å². The molecule has 94 valence electrons. The van der Waals surface area contributed by atoms with Crippen molar-refractivity contribution in [1.82, 2.24) is 0 Å². The molecule has 1 fully saturated rings. The highest BCUT2D eigenvalue weighted by molar-refractivity contribution is 6.31. The van der Waals surface area contributed by atoms with Gasteiger partial charge in [0.2, 0.25) is 0 Å². The van der Waals surface area contributed by atoms with Crippen LogP contribution in [0.15, 0.2) is 12.1 Å². The number of aryl methyl sites for hydroxylation is 1. The number of benzene rings is 1. The van der Waals surface area contributed by atoms with E-state index in [-0.39, 0.29) is 5.82 Å². The van der Waals surface area contributed by atoms with Gasteiger partial charge in [-0.15, -0.1) is 0 Å². The molecule has 0 aliphatic heterocycles. The van der Waals surface area contributed by atoms with Gasteiger partial charge in [0.1, 0.15) is 5.82 Å². The quantitative estimate of drug-likeness (QED) is 0.684. The van der Waals surface area contributed by atoms with Crippen molar-refractivity contribution in [3.8, 4) is 0 Å². The molecule has 0 nitrogen and oxygen atoms in total. The molecule has 0 atom stereocenters. The molecule has 0 heterocycles. The van der Waals surface area contributed by atoms with Crippen LogP contribution in [0.2, 0.25) is 5.02 Å². The molecule has 17 heavy (non-hydrogen) atoms. The first-order chi connectivity index (χ1) is 8.08. The summed E-state index contributed by atoms with van der Waals surface area (Å²) in [6, 6.07) is 3.82. The fourth-order valence-corrected chi connectivity index (χ4v) is 2.87. The smallest absolute Gasteiger partial charge is 0.145 e. The van der Waals surface area contributed by atoms with Crippen molar-refractivity contribution >= 4 is 11.6 Å². The summed E-state index contributed by atoms with van der Waals surface area (Å²) in [4.78, 5) is 0. The van der Waals surface area contributed by atoms with Gasteiger partial charge in [-0.3, -0.25) is 0 Å². The predicted molar refractivity (Wildman–Crippen MR) is 71.0 cm³/mol. The Kier molecular flexibility index (Phi) is 4.09. The van der Waals surface area contributed by atoms with Gasteiger partial charge in [0, 0.05) is 0 Å². The van der Waals surface area contributed by atoms with Gasteiger partial charge in [0.05, 0.1) is 5.02 Å². The van der Waals surface area contributed by atoms with E-state index in [2.05, 4.69) is 6.92 Å². The van der Waals surface area contributed by atoms with Crippen LogP contribution >= 0.6 is 11.6 Å². The molecule has 1 aromatic carbocycles. The van der Waals surface area contributed by atoms with E-state index in [1.54, 1.807) is 0 Å². The molecule has 1 aliphatic carbocycles. The van der Waals surface area contributed by atoms with Crippen LogP contribution in [0.4, 0.5) is 4.39 Å². The van der Waals surface area contributed by atoms with Crippen molar-refractivity contribution in [3.63, 3.8) is 0 Å². The number of hydrogen-bond donors (Lipinski definition) is 0. The Morgan fingerprint density at radius 2 is 1.88 bits per heavy atom. The van der Waals surface area contributed by atoms with E-state index in [1.165, 1.54) is 25.7 Å². The van der Waals surface area contributed by atoms with Gasteiger partial charge < -0.3 is 0 Å². The summed E-state index contributed by atoms with van der Waals surface area (Å²) in [6.07, 6.45) is 5.87. The second-order valence-electron chi connectivity index (χ2n) is 5.50. The molecule has 1 aliphatic rings. The van der Waals surface area contributed by atoms with Gasteiger partial charge in [-0.05, 0) is 49.1 Å². The highest BCUT2D eigenvalue weighted by atomic mass is 35.5. The van der Waals surface area contributed by atoms with Gasteiger partial charge in [0.25, 0.3) is 0 Å². The molecule has 0 bridgehead atoms. The normalized spacial score (nSPS) is 24.9. The molecule has 2 rings (SSSR count). The largest absolute Gasteiger partial charge is 0.205 e. The van der Waals surface area contributed by atoms with Crippen LogP contribution in [-0.2, 0) is 6.42 Å². The molecule has 0 amide bonds. The van der Waals surface area contributed by atoms with Crippen LogP contribution in [0.25, 0.3) is 0 Å². The zero-order valence-electron chi connectivity index (χ0n) is 10.6. The molecule has 0 radical (unpaired) electrons. The summed E-state index contributed by atoms with van der Waals surface area (Å²) in [6.45, 7) is 4.15. The second-order valence-corrected chi connectivity index (χ2v) is 5.88. The van der Waals surface area contributed by atoms with E-state index >= 15 is 0 Å². The van der Waals surface area contributed by atoms with E-state index in [1.807, 2.05) is 19.1 Å². The minimum atomic E-state index is -0.203. The van der Waals surface area contributed by atoms with Crippen molar-refractivity contribution in [2.24, 2.45) is 11.8 Å². The van der Waals surface area contributed by atoms with Gasteiger partial charge in [0.15, 0.2) is 0 Å². The molecule has 0 unspecified atom stereocenters. The summed E-state index contributed by atoms with van der Waals surface area (Å²) in [7, 11) is 0. The lowest BCUT2D eigenvalue weighted by Gasteiger charge is -2.26. The van der Waals surface area contributed by atoms with Crippen molar-refractivity contribution in [2.45, 2.75) is 46.0 Å². The summed E-state index contributed by atoms with van der Waals surface area (Å²) in [5, 5.41) is 0.298. The second kappa shape index (κ2) is 5.39. The summed E-state index contributed by atoms with van der Waals surface area (Å²) >= 11 is 5.95. The average Bonchev–Trinajstić information content (AvgIpc) is 2.33. The molecule has 0 aromatic heterocycles. The topological polar surface area (TPSA) is 0 Å². The third-order valence-electron chi connectivity index (χ3n) is 4.00. The summed E-state index contributed by atoms with van der Waals surface area (Å²) in [5.41, 5.74) is 1.62. The first-order valence-electron chi connectivity index (χ1n) is 6.51. The Morgan fingerprint density at radius 1 is 1.24 bits per heavy atom. The maximum atomic E-state index is 14.0. The van der Waals surface area contributed by atoms with E-state index in [9.17, 15) is 4.39 Å². The zero-order valence-corrected chi connectivity index (χ0v) is 11.4. The van der Waals surface area contributed by atoms with Crippen molar-refractivity contribution in [1.29, 1.82) is 0 Å². The Morgan fingerprint density at radius 3 is 2.53 bits per heavy atom. The Bertz CT molecular complexity index is 392. The highest BCUT2D eigenvalue weighted by Crippen LogP contribution is 2.32. The van der Waals surface area contributed by atoms with Crippen molar-refractivity contribution in [3.05, 3.63) is 34.1 Å². The van der Waals surface area contributed by atoms with Gasteiger partial charge in [-0.25, -0.2) is 4.39 Å². The lowest BCUT2D eigenvalue weighted by Crippen LogP contribution is -2.15. The zero-order chi connectivity index (χ0) is 12.4. The third kappa shape index (κ3) is 3.01. The van der Waals surface area contributed by atoms with Crippen LogP contribution < -0.4 is 0 Å². The van der Waals surface area contributed by atoms with E-state index in [0.29, 0.717) is 10.9 Å². The summed E-state index contributed by atoms with van der Waals surface area (Å²) in [5.74, 6) is 1.28. The van der Waals surface area contributed by atoms with Gasteiger partial charge in [-0.1, -0.05) is 43.5 Å². The molecule has 0 N–H and O–H groups in total. The van der Waals surface area contributed by atoms with Crippen LogP contribution in [0.3, 0.4) is 0 Å². The molecular weight excluding hydrogens is 235 g/mol. The first-order valence-corrected chi connectivity index (χ1v) is 6.89. The lowest BCUT2D eigenvalue weighted by molar-refractivity contribution is 0.287. The first kappa shape index (κ1) is 12.9. The minimum absolute atomic E-state index is 0.203. The predicted octanol–water partition coefficient (Wildman–Crippen LogP) is 5.16. The van der Waals surface area contributed by atoms with E-state index < -0.39 is 0 Å². The maximum Gasteiger partial charge on any atom is 0.145 e. The fraction of sp³-hybridized carbons (Fsp3) is 0.600. The Labute approximate surface area is 108 Å². The van der Waals surface area contributed by atoms with E-state index in [4.69, 9.17) is 11.6 Å². The number of hydrogen-bond acceptors (Lipinski definition) is 0. The van der Waals surface area contributed by atoms with Crippen molar-refractivity contribution < 1.29 is 4.39 Å². The molecular formula is C15H20ClF. The third-order valence-corrected chi connectivity index (χ3v) is 4.46. The monoisotopic (exact) mass is 254 g/mol. The summed E-state index contributed by atoms with van der Waals surface area (Å²) < 4.78 is 14.0. The van der Waals surface area contributed by atoms with Gasteiger partial charge in [-0.2, -0.15) is 0 Å². The Hall–Kier alpha value is -0.560.